The van der Waals surface area contributed by atoms with Crippen molar-refractivity contribution < 1.29 is 56.1 Å². The quantitative estimate of drug-likeness (QED) is 0.0209. The third kappa shape index (κ3) is 18.0. The molecule has 9 rings (SSSR count). The molecular formula is C76H82Br4N8O8+4. The van der Waals surface area contributed by atoms with Gasteiger partial charge in [-0.15, -0.1) is 0 Å². The van der Waals surface area contributed by atoms with Crippen LogP contribution in [0, 0.1) is 0 Å². The minimum atomic E-state index is -0.445. The van der Waals surface area contributed by atoms with Gasteiger partial charge in [0.15, 0.2) is 0 Å². The molecule has 5 heterocycles. The SMILES string of the molecule is C=CC(=O)OCC[N+](C)(C)Cc1ccc(-c2c3nc(c(-c4ccc(C[N+](C)(C)CCOC(=O)C=C)cc4)c4ccc([nH]4)c(-c4ccc(C[N+](C)(C)CCOC(=O)C=C)cc4)c4nc(c(-c5ccc(C[N+](C)(C)CCOC(=O)C=C)cc5)c5ccc2[nH]5)C(Br)=C4Br)C(Br)=C3Br)cc1. The molecule has 8 bridgehead atoms. The number of nitrogens with zero attached hydrogens (tertiary/aromatic N) is 6. The molecule has 3 aromatic heterocycles. The number of hydrogen-bond donors (Lipinski definition) is 2. The van der Waals surface area contributed by atoms with Crippen molar-refractivity contribution in [2.45, 2.75) is 26.2 Å². The molecular weight excluding hydrogens is 1470 g/mol. The molecule has 2 aliphatic heterocycles. The van der Waals surface area contributed by atoms with Crippen LogP contribution in [-0.4, -0.2) is 171 Å². The van der Waals surface area contributed by atoms with Gasteiger partial charge in [0.2, 0.25) is 0 Å². The van der Waals surface area contributed by atoms with Gasteiger partial charge >= 0.3 is 23.9 Å². The maximum Gasteiger partial charge on any atom is 0.330 e. The monoisotopic (exact) mass is 1550 g/mol. The van der Waals surface area contributed by atoms with Gasteiger partial charge in [-0.3, -0.25) is 0 Å². The first-order valence-corrected chi connectivity index (χ1v) is 34.5. The summed E-state index contributed by atoms with van der Waals surface area (Å²) in [6.45, 7) is 20.3. The molecule has 0 saturated carbocycles. The maximum atomic E-state index is 11.9. The molecule has 7 aromatic rings. The third-order valence-corrected chi connectivity index (χ3v) is 21.1. The minimum absolute atomic E-state index is 0.261. The van der Waals surface area contributed by atoms with E-state index in [9.17, 15) is 19.2 Å². The lowest BCUT2D eigenvalue weighted by atomic mass is 10.0. The van der Waals surface area contributed by atoms with E-state index in [0.29, 0.717) is 93.1 Å². The number of fused-ring (bicyclic) bond motifs is 8. The van der Waals surface area contributed by atoms with E-state index in [1.54, 1.807) is 0 Å². The second kappa shape index (κ2) is 31.1. The van der Waals surface area contributed by atoms with Crippen LogP contribution in [-0.2, 0) is 64.3 Å². The van der Waals surface area contributed by atoms with Gasteiger partial charge in [-0.1, -0.05) is 123 Å². The van der Waals surface area contributed by atoms with Gasteiger partial charge < -0.3 is 46.8 Å². The highest BCUT2D eigenvalue weighted by molar-refractivity contribution is 9.18. The molecule has 0 amide bonds. The molecule has 20 heteroatoms. The molecule has 0 saturated heterocycles. The van der Waals surface area contributed by atoms with E-state index in [0.717, 1.165) is 107 Å². The van der Waals surface area contributed by atoms with Crippen LogP contribution in [0.5, 0.6) is 0 Å². The Morgan fingerprint density at radius 2 is 0.531 bits per heavy atom. The first-order chi connectivity index (χ1) is 45.6. The van der Waals surface area contributed by atoms with Crippen molar-refractivity contribution in [3.8, 4) is 44.5 Å². The summed E-state index contributed by atoms with van der Waals surface area (Å²) in [7, 11) is 16.9. The van der Waals surface area contributed by atoms with Crippen molar-refractivity contribution in [1.82, 2.24) is 19.9 Å². The predicted molar refractivity (Wildman–Crippen MR) is 399 cm³/mol. The maximum absolute atomic E-state index is 11.9. The zero-order chi connectivity index (χ0) is 69.3. The number of carbonyl (C=O) groups excluding carboxylic acids is 4. The van der Waals surface area contributed by atoms with Crippen LogP contribution in [0.4, 0.5) is 0 Å². The van der Waals surface area contributed by atoms with Crippen molar-refractivity contribution in [3.63, 3.8) is 0 Å². The minimum Gasteiger partial charge on any atom is -0.457 e. The van der Waals surface area contributed by atoms with Crippen LogP contribution in [0.15, 0.2) is 172 Å². The van der Waals surface area contributed by atoms with Crippen LogP contribution in [0.2, 0.25) is 0 Å². The van der Waals surface area contributed by atoms with E-state index in [1.807, 2.05) is 0 Å². The molecule has 0 fully saturated rings. The van der Waals surface area contributed by atoms with E-state index in [2.05, 4.69) is 278 Å². The van der Waals surface area contributed by atoms with E-state index in [4.69, 9.17) is 28.9 Å². The Kier molecular flexibility index (Phi) is 23.4. The van der Waals surface area contributed by atoms with E-state index < -0.39 is 23.9 Å². The lowest BCUT2D eigenvalue weighted by Crippen LogP contribution is -2.41. The number of quaternary nitrogens is 4. The first-order valence-electron chi connectivity index (χ1n) is 31.4. The van der Waals surface area contributed by atoms with Crippen LogP contribution < -0.4 is 0 Å². The summed E-state index contributed by atoms with van der Waals surface area (Å²) in [5, 5.41) is 0. The van der Waals surface area contributed by atoms with Gasteiger partial charge in [-0.25, -0.2) is 29.1 Å². The van der Waals surface area contributed by atoms with Crippen LogP contribution in [0.3, 0.4) is 0 Å². The Bertz CT molecular complexity index is 3840. The molecule has 16 nitrogen and oxygen atoms in total. The third-order valence-electron chi connectivity index (χ3n) is 16.9. The van der Waals surface area contributed by atoms with Gasteiger partial charge in [-0.2, -0.15) is 0 Å². The number of carbonyl (C=O) groups is 4. The lowest BCUT2D eigenvalue weighted by Gasteiger charge is -2.29. The molecule has 4 aromatic carbocycles. The molecule has 0 unspecified atom stereocenters. The summed E-state index contributed by atoms with van der Waals surface area (Å²) in [5.74, 6) is -1.78. The standard InChI is InChI=1S/C76H82Br4N8O8/c1-13-61(89)93-41-37-85(5,6)45-49-17-25-53(26-18-49)65-57-33-34-58(81-57)66(54-27-19-50(20-28-54)46-86(7,8)38-42-94-62(90)14-2)75-71(79)72(80)76(84-75)68(56-31-23-52(24-32-56)48-88(11,12)40-44-96-64(92)16-4)60-36-35-59(82-60)67(74-70(78)69(77)73(65)83-74)55-29-21-51(22-30-55)47-87(9,10)39-43-95-63(91)15-3/h13-36,81-82H,1-4,37-48H2,5-12H3/q+4. The Labute approximate surface area is 595 Å². The zero-order valence-electron chi connectivity index (χ0n) is 55.6. The number of ether oxygens (including phenoxy) is 4. The van der Waals surface area contributed by atoms with Gasteiger partial charge in [0, 0.05) is 90.9 Å². The van der Waals surface area contributed by atoms with Gasteiger partial charge in [0.05, 0.1) is 97.1 Å². The van der Waals surface area contributed by atoms with Gasteiger partial charge in [0.1, 0.15) is 78.8 Å². The summed E-state index contributed by atoms with van der Waals surface area (Å²) in [6, 6.07) is 42.7. The number of nitrogens with one attached hydrogen (secondary N) is 2. The fraction of sp³-hybridized carbons (Fsp3) is 0.263. The van der Waals surface area contributed by atoms with Gasteiger partial charge in [0.25, 0.3) is 0 Å². The highest BCUT2D eigenvalue weighted by atomic mass is 79.9. The fourth-order valence-corrected chi connectivity index (χ4v) is 13.7. The Morgan fingerprint density at radius 1 is 0.344 bits per heavy atom. The molecule has 0 radical (unpaired) electrons. The predicted octanol–water partition coefficient (Wildman–Crippen LogP) is 15.4. The van der Waals surface area contributed by atoms with Crippen molar-refractivity contribution in [3.05, 3.63) is 217 Å². The Balaban J connectivity index is 1.30. The molecule has 96 heavy (non-hydrogen) atoms. The number of esters is 4. The Hall–Kier alpha value is -7.92. The average molecular weight is 1560 g/mol. The molecule has 0 aliphatic carbocycles. The first kappa shape index (κ1) is 72.4. The number of likely N-dealkylation sites (N-methyl/N-ethyl adjacent to an activating group) is 4. The summed E-state index contributed by atoms with van der Waals surface area (Å²) in [6.07, 6.45) is 4.73. The highest BCUT2D eigenvalue weighted by Gasteiger charge is 2.30. The van der Waals surface area contributed by atoms with E-state index in [1.165, 1.54) is 24.3 Å². The van der Waals surface area contributed by atoms with Crippen LogP contribution in [0.1, 0.15) is 45.0 Å². The topological polar surface area (TPSA) is 163 Å². The van der Waals surface area contributed by atoms with Gasteiger partial charge in [-0.05, 0) is 110 Å². The molecule has 498 valence electrons. The lowest BCUT2D eigenvalue weighted by molar-refractivity contribution is -0.903. The smallest absolute Gasteiger partial charge is 0.330 e. The summed E-state index contributed by atoms with van der Waals surface area (Å²) in [5.41, 5.74) is 17.4. The van der Waals surface area contributed by atoms with E-state index in [-0.39, 0.29) is 26.4 Å². The normalized spacial score (nSPS) is 12.7. The number of rotatable bonds is 28. The molecule has 2 aliphatic rings. The molecule has 0 spiro atoms. The van der Waals surface area contributed by atoms with Crippen molar-refractivity contribution in [2.75, 3.05) is 109 Å². The summed E-state index contributed by atoms with van der Waals surface area (Å²) < 4.78 is 26.8. The van der Waals surface area contributed by atoms with Crippen molar-refractivity contribution >= 4 is 128 Å². The average Bonchev–Trinajstić information content (AvgIpc) is 1.59. The second-order valence-corrected chi connectivity index (χ2v) is 29.7. The number of aromatic amines is 2. The summed E-state index contributed by atoms with van der Waals surface area (Å²) in [4.78, 5) is 67.1. The van der Waals surface area contributed by atoms with Crippen molar-refractivity contribution in [2.24, 2.45) is 0 Å². The van der Waals surface area contributed by atoms with Crippen LogP contribution in [0.25, 0.3) is 84.5 Å². The fourth-order valence-electron chi connectivity index (χ4n) is 11.8. The second-order valence-electron chi connectivity index (χ2n) is 26.5. The number of halogens is 4. The number of H-pyrrole nitrogens is 2. The van der Waals surface area contributed by atoms with Crippen LogP contribution >= 0.6 is 63.7 Å². The highest BCUT2D eigenvalue weighted by Crippen LogP contribution is 2.50. The van der Waals surface area contributed by atoms with Crippen molar-refractivity contribution in [1.29, 1.82) is 0 Å². The molecule has 2 N–H and O–H groups in total. The largest absolute Gasteiger partial charge is 0.457 e. The number of aromatic nitrogens is 4. The zero-order valence-corrected chi connectivity index (χ0v) is 62.0. The molecule has 0 atom stereocenters. The Morgan fingerprint density at radius 3 is 0.708 bits per heavy atom. The van der Waals surface area contributed by atoms with E-state index >= 15 is 0 Å². The summed E-state index contributed by atoms with van der Waals surface area (Å²) >= 11 is 16.5. The number of hydrogen-bond acceptors (Lipinski definition) is 10. The number of benzene rings is 4.